The molecule has 100 valence electrons. The maximum atomic E-state index is 11.2. The Morgan fingerprint density at radius 2 is 2.37 bits per heavy atom. The van der Waals surface area contributed by atoms with Gasteiger partial charge >= 0.3 is 0 Å². The molecule has 1 aromatic heterocycles. The van der Waals surface area contributed by atoms with Crippen LogP contribution in [0.5, 0.6) is 0 Å². The van der Waals surface area contributed by atoms with Gasteiger partial charge in [-0.15, -0.1) is 0 Å². The smallest absolute Gasteiger partial charge is 0.270 e. The van der Waals surface area contributed by atoms with Gasteiger partial charge in [0.2, 0.25) is 0 Å². The number of carbonyl (C=O) groups is 1. The topological polar surface area (TPSA) is 80.8 Å². The van der Waals surface area contributed by atoms with Crippen molar-refractivity contribution in [2.45, 2.75) is 19.0 Å². The second-order valence-corrected chi connectivity index (χ2v) is 5.02. The Bertz CT molecular complexity index is 575. The van der Waals surface area contributed by atoms with Crippen LogP contribution in [0.1, 0.15) is 29.0 Å². The number of ether oxygens (including phenoxy) is 1. The molecule has 0 aromatic carbocycles. The van der Waals surface area contributed by atoms with Gasteiger partial charge in [-0.05, 0) is 24.6 Å². The molecule has 6 nitrogen and oxygen atoms in total. The number of hydrogen-bond acceptors (Lipinski definition) is 6. The predicted octanol–water partition coefficient (Wildman–Crippen LogP) is 1.18. The van der Waals surface area contributed by atoms with E-state index in [-0.39, 0.29) is 17.8 Å². The minimum Gasteiger partial charge on any atom is -0.377 e. The van der Waals surface area contributed by atoms with Gasteiger partial charge in [-0.2, -0.15) is 0 Å². The van der Waals surface area contributed by atoms with E-state index in [1.54, 1.807) is 6.07 Å². The first-order valence-corrected chi connectivity index (χ1v) is 6.35. The molecule has 2 atom stereocenters. The van der Waals surface area contributed by atoms with Gasteiger partial charge in [0, 0.05) is 5.56 Å². The molecule has 3 rings (SSSR count). The summed E-state index contributed by atoms with van der Waals surface area (Å²) in [6, 6.07) is 1.76. The summed E-state index contributed by atoms with van der Waals surface area (Å²) < 4.78 is 5.57. The normalized spacial score (nSPS) is 25.4. The molecular formula is C12H13ClN4O2. The Morgan fingerprint density at radius 3 is 3.11 bits per heavy atom. The van der Waals surface area contributed by atoms with Crippen molar-refractivity contribution >= 4 is 28.5 Å². The Kier molecular flexibility index (Phi) is 2.91. The maximum Gasteiger partial charge on any atom is 0.270 e. The first-order valence-electron chi connectivity index (χ1n) is 5.98. The van der Waals surface area contributed by atoms with Crippen molar-refractivity contribution < 1.29 is 9.53 Å². The highest BCUT2D eigenvalue weighted by atomic mass is 35.5. The van der Waals surface area contributed by atoms with Crippen LogP contribution in [0.15, 0.2) is 17.3 Å². The molecule has 0 saturated carbocycles. The van der Waals surface area contributed by atoms with Crippen molar-refractivity contribution in [3.63, 3.8) is 0 Å². The van der Waals surface area contributed by atoms with Crippen molar-refractivity contribution in [2.75, 3.05) is 13.2 Å². The fourth-order valence-corrected chi connectivity index (χ4v) is 2.66. The number of pyridine rings is 1. The van der Waals surface area contributed by atoms with Crippen LogP contribution in [0, 0.1) is 0 Å². The number of halogens is 1. The van der Waals surface area contributed by atoms with E-state index >= 15 is 0 Å². The number of morpholine rings is 1. The molecule has 2 N–H and O–H groups in total. The SMILES string of the molecule is C[C@H]1COC[C@@H]2c3cc(C(=O)Cl)ncc3N=C(N)N21. The molecule has 19 heavy (non-hydrogen) atoms. The van der Waals surface area contributed by atoms with E-state index < -0.39 is 5.24 Å². The van der Waals surface area contributed by atoms with Gasteiger partial charge < -0.3 is 15.4 Å². The molecular weight excluding hydrogens is 268 g/mol. The first-order chi connectivity index (χ1) is 9.08. The molecule has 0 spiro atoms. The molecule has 0 unspecified atom stereocenters. The van der Waals surface area contributed by atoms with E-state index in [0.717, 1.165) is 5.56 Å². The molecule has 2 aliphatic rings. The molecule has 0 amide bonds. The summed E-state index contributed by atoms with van der Waals surface area (Å²) in [5.41, 5.74) is 7.75. The lowest BCUT2D eigenvalue weighted by Crippen LogP contribution is -2.53. The molecule has 0 radical (unpaired) electrons. The molecule has 1 aromatic rings. The van der Waals surface area contributed by atoms with E-state index in [1.165, 1.54) is 6.20 Å². The van der Waals surface area contributed by atoms with Gasteiger partial charge in [0.15, 0.2) is 5.96 Å². The fourth-order valence-electron chi connectivity index (χ4n) is 2.56. The minimum atomic E-state index is -0.582. The van der Waals surface area contributed by atoms with Crippen molar-refractivity contribution in [1.82, 2.24) is 9.88 Å². The van der Waals surface area contributed by atoms with E-state index in [2.05, 4.69) is 9.98 Å². The summed E-state index contributed by atoms with van der Waals surface area (Å²) in [4.78, 5) is 21.5. The highest BCUT2D eigenvalue weighted by Crippen LogP contribution is 2.37. The Labute approximate surface area is 115 Å². The number of aromatic nitrogens is 1. The first kappa shape index (κ1) is 12.4. The third-order valence-corrected chi connectivity index (χ3v) is 3.61. The van der Waals surface area contributed by atoms with Crippen LogP contribution in [0.2, 0.25) is 0 Å². The highest BCUT2D eigenvalue weighted by Gasteiger charge is 2.36. The third-order valence-electron chi connectivity index (χ3n) is 3.42. The van der Waals surface area contributed by atoms with Gasteiger partial charge in [0.1, 0.15) is 5.69 Å². The van der Waals surface area contributed by atoms with Gasteiger partial charge in [0.05, 0.1) is 37.2 Å². The van der Waals surface area contributed by atoms with Crippen LogP contribution in [0.4, 0.5) is 5.69 Å². The van der Waals surface area contributed by atoms with Crippen LogP contribution in [-0.2, 0) is 4.74 Å². The summed E-state index contributed by atoms with van der Waals surface area (Å²) in [7, 11) is 0. The average molecular weight is 281 g/mol. The van der Waals surface area contributed by atoms with Crippen LogP contribution in [0.25, 0.3) is 0 Å². The lowest BCUT2D eigenvalue weighted by atomic mass is 10.00. The number of carbonyl (C=O) groups excluding carboxylic acids is 1. The van der Waals surface area contributed by atoms with Crippen LogP contribution in [-0.4, -0.2) is 40.3 Å². The van der Waals surface area contributed by atoms with Gasteiger partial charge in [0.25, 0.3) is 5.24 Å². The molecule has 1 saturated heterocycles. The molecule has 0 aliphatic carbocycles. The van der Waals surface area contributed by atoms with E-state index in [1.807, 2.05) is 11.8 Å². The summed E-state index contributed by atoms with van der Waals surface area (Å²) in [6.45, 7) is 3.14. The summed E-state index contributed by atoms with van der Waals surface area (Å²) >= 11 is 5.47. The van der Waals surface area contributed by atoms with Crippen molar-refractivity contribution in [1.29, 1.82) is 0 Å². The molecule has 0 bridgehead atoms. The number of fused-ring (bicyclic) bond motifs is 3. The lowest BCUT2D eigenvalue weighted by molar-refractivity contribution is -0.00973. The highest BCUT2D eigenvalue weighted by molar-refractivity contribution is 6.67. The van der Waals surface area contributed by atoms with Gasteiger partial charge in [-0.3, -0.25) is 4.79 Å². The molecule has 2 aliphatic heterocycles. The molecule has 3 heterocycles. The van der Waals surface area contributed by atoms with E-state index in [0.29, 0.717) is 24.9 Å². The zero-order valence-electron chi connectivity index (χ0n) is 10.3. The second-order valence-electron chi connectivity index (χ2n) is 4.68. The Morgan fingerprint density at radius 1 is 1.58 bits per heavy atom. The van der Waals surface area contributed by atoms with E-state index in [9.17, 15) is 4.79 Å². The largest absolute Gasteiger partial charge is 0.377 e. The second kappa shape index (κ2) is 4.47. The van der Waals surface area contributed by atoms with Crippen LogP contribution in [0.3, 0.4) is 0 Å². The minimum absolute atomic E-state index is 0.0472. The molecule has 7 heteroatoms. The van der Waals surface area contributed by atoms with Crippen molar-refractivity contribution in [2.24, 2.45) is 10.7 Å². The number of rotatable bonds is 1. The maximum absolute atomic E-state index is 11.2. The van der Waals surface area contributed by atoms with E-state index in [4.69, 9.17) is 22.1 Å². The number of hydrogen-bond donors (Lipinski definition) is 1. The quantitative estimate of drug-likeness (QED) is 0.781. The number of guanidine groups is 1. The fraction of sp³-hybridized carbons (Fsp3) is 0.417. The monoisotopic (exact) mass is 280 g/mol. The predicted molar refractivity (Wildman–Crippen MR) is 70.6 cm³/mol. The Hall–Kier alpha value is -1.66. The van der Waals surface area contributed by atoms with Crippen molar-refractivity contribution in [3.05, 3.63) is 23.5 Å². The lowest BCUT2D eigenvalue weighted by Gasteiger charge is -2.43. The van der Waals surface area contributed by atoms with Crippen LogP contribution >= 0.6 is 11.6 Å². The van der Waals surface area contributed by atoms with Gasteiger partial charge in [-0.1, -0.05) is 0 Å². The summed E-state index contributed by atoms with van der Waals surface area (Å²) in [5, 5.41) is -0.582. The average Bonchev–Trinajstić information content (AvgIpc) is 2.38. The standard InChI is InChI=1S/C12H13ClN4O2/c1-6-4-19-5-10-7-2-8(11(13)18)15-3-9(7)16-12(14)17(6)10/h2-3,6,10H,4-5H2,1H3,(H2,14,16)/t6-,10+/m0/s1. The summed E-state index contributed by atoms with van der Waals surface area (Å²) in [5.74, 6) is 0.458. The number of nitrogens with zero attached hydrogens (tertiary/aromatic N) is 3. The van der Waals surface area contributed by atoms with Crippen molar-refractivity contribution in [3.8, 4) is 0 Å². The zero-order chi connectivity index (χ0) is 13.6. The van der Waals surface area contributed by atoms with Crippen LogP contribution < -0.4 is 5.73 Å². The number of aliphatic imine (C=N–C) groups is 1. The van der Waals surface area contributed by atoms with Gasteiger partial charge in [-0.25, -0.2) is 9.98 Å². The number of nitrogens with two attached hydrogens (primary N) is 1. The molecule has 1 fully saturated rings. The third kappa shape index (κ3) is 1.97. The summed E-state index contributed by atoms with van der Waals surface area (Å²) in [6.07, 6.45) is 1.52. The zero-order valence-corrected chi connectivity index (χ0v) is 11.1. The Balaban J connectivity index is 2.11.